The first-order valence-electron chi connectivity index (χ1n) is 8.54. The van der Waals surface area contributed by atoms with Crippen LogP contribution in [0.25, 0.3) is 11.5 Å². The molecule has 0 spiro atoms. The summed E-state index contributed by atoms with van der Waals surface area (Å²) in [6, 6.07) is 9.31. The highest BCUT2D eigenvalue weighted by Crippen LogP contribution is 2.27. The van der Waals surface area contributed by atoms with Gasteiger partial charge < -0.3 is 19.2 Å². The monoisotopic (exact) mass is 400 g/mol. The summed E-state index contributed by atoms with van der Waals surface area (Å²) in [7, 11) is 3.19. The fourth-order valence-electron chi connectivity index (χ4n) is 2.43. The lowest BCUT2D eigenvalue weighted by atomic mass is 10.1. The van der Waals surface area contributed by atoms with Crippen molar-refractivity contribution in [3.8, 4) is 23.0 Å². The summed E-state index contributed by atoms with van der Waals surface area (Å²) in [5.74, 6) is 1.82. The Morgan fingerprint density at radius 2 is 2.04 bits per heavy atom. The van der Waals surface area contributed by atoms with E-state index in [0.29, 0.717) is 35.6 Å². The lowest BCUT2D eigenvalue weighted by molar-refractivity contribution is -0.118. The summed E-state index contributed by atoms with van der Waals surface area (Å²) < 4.78 is 16.0. The molecule has 0 fully saturated rings. The Bertz CT molecular complexity index is 917. The highest BCUT2D eigenvalue weighted by molar-refractivity contribution is 7.99. The minimum atomic E-state index is -0.105. The van der Waals surface area contributed by atoms with Crippen molar-refractivity contribution in [2.45, 2.75) is 11.6 Å². The topological polar surface area (TPSA) is 99.4 Å². The molecule has 1 N–H and O–H groups in total. The molecule has 9 heteroatoms. The van der Waals surface area contributed by atoms with Crippen LogP contribution in [0.1, 0.15) is 5.56 Å². The van der Waals surface area contributed by atoms with Gasteiger partial charge in [0.05, 0.1) is 25.5 Å². The van der Waals surface area contributed by atoms with Crippen molar-refractivity contribution in [3.63, 3.8) is 0 Å². The number of methoxy groups -OCH3 is 2. The molecule has 0 atom stereocenters. The number of hydrogen-bond donors (Lipinski definition) is 1. The number of pyridine rings is 1. The Morgan fingerprint density at radius 1 is 1.18 bits per heavy atom. The standard InChI is InChI=1S/C19H20N4O4S/c1-25-15-6-5-13(10-16(15)26-2)7-9-21-17(24)12-28-19-23-22-18(27-19)14-4-3-8-20-11-14/h3-6,8,10-11H,7,9,12H2,1-2H3,(H,21,24). The number of benzene rings is 1. The van der Waals surface area contributed by atoms with Crippen LogP contribution in [-0.2, 0) is 11.2 Å². The van der Waals surface area contributed by atoms with Gasteiger partial charge in [-0.25, -0.2) is 0 Å². The van der Waals surface area contributed by atoms with Gasteiger partial charge in [-0.05, 0) is 36.2 Å². The number of amides is 1. The number of thioether (sulfide) groups is 1. The van der Waals surface area contributed by atoms with E-state index in [1.807, 2.05) is 24.3 Å². The Labute approximate surface area is 166 Å². The molecule has 0 aliphatic heterocycles. The van der Waals surface area contributed by atoms with E-state index in [0.717, 1.165) is 11.1 Å². The van der Waals surface area contributed by atoms with E-state index in [2.05, 4.69) is 20.5 Å². The second kappa shape index (κ2) is 9.75. The molecule has 146 valence electrons. The van der Waals surface area contributed by atoms with Crippen molar-refractivity contribution >= 4 is 17.7 Å². The molecule has 0 saturated heterocycles. The molecule has 1 amide bonds. The minimum absolute atomic E-state index is 0.105. The van der Waals surface area contributed by atoms with Crippen LogP contribution in [0, 0.1) is 0 Å². The molecule has 1 aromatic carbocycles. The summed E-state index contributed by atoms with van der Waals surface area (Å²) in [6.07, 6.45) is 3.99. The lowest BCUT2D eigenvalue weighted by Crippen LogP contribution is -2.27. The number of carbonyl (C=O) groups is 1. The SMILES string of the molecule is COc1ccc(CCNC(=O)CSc2nnc(-c3cccnc3)o2)cc1OC. The number of nitrogens with zero attached hydrogens (tertiary/aromatic N) is 3. The fraction of sp³-hybridized carbons (Fsp3) is 0.263. The van der Waals surface area contributed by atoms with Crippen LogP contribution in [0.5, 0.6) is 11.5 Å². The summed E-state index contributed by atoms with van der Waals surface area (Å²) >= 11 is 1.19. The summed E-state index contributed by atoms with van der Waals surface area (Å²) in [5.41, 5.74) is 1.78. The molecule has 3 aromatic rings. The van der Waals surface area contributed by atoms with Crippen molar-refractivity contribution in [3.05, 3.63) is 48.3 Å². The molecule has 0 aliphatic rings. The van der Waals surface area contributed by atoms with Gasteiger partial charge in [0.15, 0.2) is 11.5 Å². The Balaban J connectivity index is 1.43. The van der Waals surface area contributed by atoms with E-state index in [1.165, 1.54) is 11.8 Å². The molecule has 0 saturated carbocycles. The summed E-state index contributed by atoms with van der Waals surface area (Å²) in [5, 5.41) is 11.1. The van der Waals surface area contributed by atoms with Gasteiger partial charge in [-0.3, -0.25) is 9.78 Å². The van der Waals surface area contributed by atoms with Crippen molar-refractivity contribution in [2.75, 3.05) is 26.5 Å². The van der Waals surface area contributed by atoms with Crippen molar-refractivity contribution in [1.82, 2.24) is 20.5 Å². The van der Waals surface area contributed by atoms with E-state index >= 15 is 0 Å². The van der Waals surface area contributed by atoms with Gasteiger partial charge >= 0.3 is 0 Å². The van der Waals surface area contributed by atoms with Crippen LogP contribution >= 0.6 is 11.8 Å². The number of carbonyl (C=O) groups excluding carboxylic acids is 1. The smallest absolute Gasteiger partial charge is 0.277 e. The number of aromatic nitrogens is 3. The van der Waals surface area contributed by atoms with E-state index in [4.69, 9.17) is 13.9 Å². The molecule has 2 aromatic heterocycles. The molecule has 3 rings (SSSR count). The largest absolute Gasteiger partial charge is 0.493 e. The number of ether oxygens (including phenoxy) is 2. The molecule has 8 nitrogen and oxygen atoms in total. The zero-order chi connectivity index (χ0) is 19.8. The van der Waals surface area contributed by atoms with Crippen LogP contribution in [-0.4, -0.2) is 47.6 Å². The second-order valence-corrected chi connectivity index (χ2v) is 6.62. The molecular weight excluding hydrogens is 380 g/mol. The molecule has 2 heterocycles. The van der Waals surface area contributed by atoms with E-state index in [-0.39, 0.29) is 11.7 Å². The average molecular weight is 400 g/mol. The van der Waals surface area contributed by atoms with Gasteiger partial charge in [0.1, 0.15) is 0 Å². The zero-order valence-electron chi connectivity index (χ0n) is 15.5. The average Bonchev–Trinajstić information content (AvgIpc) is 3.22. The maximum atomic E-state index is 12.0. The Kier molecular flexibility index (Phi) is 6.85. The first-order valence-corrected chi connectivity index (χ1v) is 9.52. The second-order valence-electron chi connectivity index (χ2n) is 5.69. The van der Waals surface area contributed by atoms with Gasteiger partial charge in [0.2, 0.25) is 11.8 Å². The molecule has 0 bridgehead atoms. The van der Waals surface area contributed by atoms with Crippen molar-refractivity contribution < 1.29 is 18.7 Å². The van der Waals surface area contributed by atoms with E-state index in [1.54, 1.807) is 32.7 Å². The lowest BCUT2D eigenvalue weighted by Gasteiger charge is -2.10. The predicted molar refractivity (Wildman–Crippen MR) is 105 cm³/mol. The molecule has 28 heavy (non-hydrogen) atoms. The van der Waals surface area contributed by atoms with Crippen molar-refractivity contribution in [1.29, 1.82) is 0 Å². The Morgan fingerprint density at radius 3 is 2.79 bits per heavy atom. The van der Waals surface area contributed by atoms with E-state index < -0.39 is 0 Å². The predicted octanol–water partition coefficient (Wildman–Crippen LogP) is 2.60. The van der Waals surface area contributed by atoms with Crippen LogP contribution in [0.3, 0.4) is 0 Å². The summed E-state index contributed by atoms with van der Waals surface area (Å²) in [4.78, 5) is 16.0. The molecule has 0 unspecified atom stereocenters. The zero-order valence-corrected chi connectivity index (χ0v) is 16.4. The fourth-order valence-corrected chi connectivity index (χ4v) is 3.03. The minimum Gasteiger partial charge on any atom is -0.493 e. The highest BCUT2D eigenvalue weighted by Gasteiger charge is 2.11. The summed E-state index contributed by atoms with van der Waals surface area (Å²) in [6.45, 7) is 0.514. The molecular formula is C19H20N4O4S. The van der Waals surface area contributed by atoms with Gasteiger partial charge in [0, 0.05) is 18.9 Å². The first-order chi connectivity index (χ1) is 13.7. The molecule has 0 radical (unpaired) electrons. The van der Waals surface area contributed by atoms with E-state index in [9.17, 15) is 4.79 Å². The van der Waals surface area contributed by atoms with Gasteiger partial charge in [-0.2, -0.15) is 0 Å². The number of rotatable bonds is 9. The maximum Gasteiger partial charge on any atom is 0.277 e. The van der Waals surface area contributed by atoms with Crippen LogP contribution < -0.4 is 14.8 Å². The van der Waals surface area contributed by atoms with Gasteiger partial charge in [0.25, 0.3) is 5.22 Å². The quantitative estimate of drug-likeness (QED) is 0.547. The highest BCUT2D eigenvalue weighted by atomic mass is 32.2. The van der Waals surface area contributed by atoms with Gasteiger partial charge in [-0.1, -0.05) is 17.8 Å². The first kappa shape index (κ1) is 19.7. The number of hydrogen-bond acceptors (Lipinski definition) is 8. The van der Waals surface area contributed by atoms with Gasteiger partial charge in [-0.15, -0.1) is 10.2 Å². The third-order valence-corrected chi connectivity index (χ3v) is 4.64. The third-order valence-electron chi connectivity index (χ3n) is 3.83. The number of nitrogens with one attached hydrogen (secondary N) is 1. The van der Waals surface area contributed by atoms with Crippen molar-refractivity contribution in [2.24, 2.45) is 0 Å². The van der Waals surface area contributed by atoms with Crippen LogP contribution in [0.2, 0.25) is 0 Å². The molecule has 0 aliphatic carbocycles. The normalized spacial score (nSPS) is 10.5. The van der Waals surface area contributed by atoms with Crippen LogP contribution in [0.4, 0.5) is 0 Å². The third kappa shape index (κ3) is 5.23. The van der Waals surface area contributed by atoms with Crippen LogP contribution in [0.15, 0.2) is 52.4 Å². The Hall–Kier alpha value is -3.07. The maximum absolute atomic E-state index is 12.0.